The van der Waals surface area contributed by atoms with Crippen LogP contribution in [0.1, 0.15) is 80.1 Å². The van der Waals surface area contributed by atoms with E-state index in [1.54, 1.807) is 20.8 Å². The monoisotopic (exact) mass is 460 g/mol. The minimum atomic E-state index is -1.43. The van der Waals surface area contributed by atoms with Crippen LogP contribution in [0.5, 0.6) is 0 Å². The smallest absolute Gasteiger partial charge is 0.312 e. The van der Waals surface area contributed by atoms with Gasteiger partial charge in [-0.15, -0.1) is 0 Å². The quantitative estimate of drug-likeness (QED) is 0.624. The van der Waals surface area contributed by atoms with Crippen LogP contribution in [0.3, 0.4) is 0 Å². The summed E-state index contributed by atoms with van der Waals surface area (Å²) < 4.78 is 6.07. The van der Waals surface area contributed by atoms with Gasteiger partial charge in [-0.3, -0.25) is 14.4 Å². The van der Waals surface area contributed by atoms with Crippen molar-refractivity contribution in [3.05, 3.63) is 11.6 Å². The molecule has 4 aliphatic rings. The zero-order valence-corrected chi connectivity index (χ0v) is 20.9. The molecule has 0 unspecified atom stereocenters. The van der Waals surface area contributed by atoms with E-state index in [0.717, 1.165) is 18.4 Å². The summed E-state index contributed by atoms with van der Waals surface area (Å²) in [5.41, 5.74) is -2.04. The molecule has 0 radical (unpaired) electrons. The molecule has 33 heavy (non-hydrogen) atoms. The van der Waals surface area contributed by atoms with Gasteiger partial charge in [0.05, 0.1) is 11.5 Å². The van der Waals surface area contributed by atoms with Gasteiger partial charge in [0.25, 0.3) is 0 Å². The van der Waals surface area contributed by atoms with Crippen LogP contribution in [0.2, 0.25) is 0 Å². The minimum Gasteiger partial charge on any atom is -0.450 e. The number of hydrogen-bond acceptors (Lipinski definition) is 6. The first-order valence-corrected chi connectivity index (χ1v) is 12.5. The highest BCUT2D eigenvalue weighted by molar-refractivity contribution is 5.93. The predicted octanol–water partition coefficient (Wildman–Crippen LogP) is 3.62. The highest BCUT2D eigenvalue weighted by Crippen LogP contribution is 2.69. The molecule has 3 saturated carbocycles. The SMILES string of the molecule is C[C@H]1C[C@@H]2[C@H]([C@@H](O)C[C@@]3(C)[C@H]2CC[C@]3(OC(=O)C(C)(C)C)C(=O)CO)[C@@]2(C)CCC(=O)C=C12. The maximum atomic E-state index is 13.3. The van der Waals surface area contributed by atoms with Gasteiger partial charge in [0.15, 0.2) is 11.4 Å². The van der Waals surface area contributed by atoms with Crippen LogP contribution in [-0.4, -0.2) is 46.1 Å². The first-order chi connectivity index (χ1) is 15.2. The van der Waals surface area contributed by atoms with E-state index in [-0.39, 0.29) is 34.9 Å². The minimum absolute atomic E-state index is 0.00414. The Morgan fingerprint density at radius 3 is 2.48 bits per heavy atom. The van der Waals surface area contributed by atoms with E-state index in [9.17, 15) is 24.6 Å². The van der Waals surface area contributed by atoms with Crippen LogP contribution >= 0.6 is 0 Å². The maximum absolute atomic E-state index is 13.3. The van der Waals surface area contributed by atoms with Crippen LogP contribution in [0.15, 0.2) is 11.6 Å². The lowest BCUT2D eigenvalue weighted by molar-refractivity contribution is -0.208. The predicted molar refractivity (Wildman–Crippen MR) is 123 cm³/mol. The lowest BCUT2D eigenvalue weighted by atomic mass is 9.44. The largest absolute Gasteiger partial charge is 0.450 e. The van der Waals surface area contributed by atoms with Gasteiger partial charge in [-0.2, -0.15) is 0 Å². The fourth-order valence-electron chi connectivity index (χ4n) is 8.23. The number of fused-ring (bicyclic) bond motifs is 5. The van der Waals surface area contributed by atoms with Crippen LogP contribution in [0, 0.1) is 39.9 Å². The Morgan fingerprint density at radius 1 is 1.21 bits per heavy atom. The molecule has 0 spiro atoms. The normalized spacial score (nSPS) is 44.9. The van der Waals surface area contributed by atoms with Gasteiger partial charge in [0.1, 0.15) is 6.61 Å². The molecule has 0 heterocycles. The number of carbonyl (C=O) groups excluding carboxylic acids is 3. The maximum Gasteiger partial charge on any atom is 0.312 e. The highest BCUT2D eigenvalue weighted by atomic mass is 16.6. The van der Waals surface area contributed by atoms with Gasteiger partial charge in [0.2, 0.25) is 5.78 Å². The third kappa shape index (κ3) is 3.38. The Balaban J connectivity index is 1.78. The Bertz CT molecular complexity index is 899. The summed E-state index contributed by atoms with van der Waals surface area (Å²) in [5, 5.41) is 21.5. The summed E-state index contributed by atoms with van der Waals surface area (Å²) >= 11 is 0. The summed E-state index contributed by atoms with van der Waals surface area (Å²) in [6.07, 6.45) is 4.66. The number of aliphatic hydroxyl groups excluding tert-OH is 2. The van der Waals surface area contributed by atoms with Crippen molar-refractivity contribution in [2.45, 2.75) is 91.8 Å². The number of carbonyl (C=O) groups is 3. The lowest BCUT2D eigenvalue weighted by Gasteiger charge is -2.62. The first kappa shape index (κ1) is 24.6. The summed E-state index contributed by atoms with van der Waals surface area (Å²) in [7, 11) is 0. The highest BCUT2D eigenvalue weighted by Gasteiger charge is 2.71. The van der Waals surface area contributed by atoms with E-state index in [0.29, 0.717) is 25.7 Å². The molecule has 6 nitrogen and oxygen atoms in total. The molecule has 8 atom stereocenters. The van der Waals surface area contributed by atoms with Gasteiger partial charge in [-0.05, 0) is 88.0 Å². The van der Waals surface area contributed by atoms with Crippen LogP contribution in [0.25, 0.3) is 0 Å². The third-order valence-corrected chi connectivity index (χ3v) is 9.81. The molecule has 0 bridgehead atoms. The van der Waals surface area contributed by atoms with Crippen molar-refractivity contribution in [1.29, 1.82) is 0 Å². The van der Waals surface area contributed by atoms with E-state index in [4.69, 9.17) is 4.74 Å². The summed E-state index contributed by atoms with van der Waals surface area (Å²) in [6.45, 7) is 10.9. The van der Waals surface area contributed by atoms with Gasteiger partial charge >= 0.3 is 5.97 Å². The molecule has 2 N–H and O–H groups in total. The molecule has 3 fully saturated rings. The second kappa shape index (κ2) is 7.74. The van der Waals surface area contributed by atoms with Crippen molar-refractivity contribution in [2.75, 3.05) is 6.61 Å². The molecular weight excluding hydrogens is 420 g/mol. The second-order valence-corrected chi connectivity index (χ2v) is 12.7. The number of ketones is 2. The molecule has 0 saturated heterocycles. The molecule has 6 heteroatoms. The van der Waals surface area contributed by atoms with Crippen molar-refractivity contribution in [1.82, 2.24) is 0 Å². The van der Waals surface area contributed by atoms with Crippen molar-refractivity contribution >= 4 is 17.5 Å². The average molecular weight is 461 g/mol. The Morgan fingerprint density at radius 2 is 1.88 bits per heavy atom. The summed E-state index contributed by atoms with van der Waals surface area (Å²) in [5.74, 6) is -0.276. The number of rotatable bonds is 3. The van der Waals surface area contributed by atoms with Crippen molar-refractivity contribution in [3.8, 4) is 0 Å². The van der Waals surface area contributed by atoms with Crippen LogP contribution < -0.4 is 0 Å². The molecule has 0 aromatic carbocycles. The van der Waals surface area contributed by atoms with Gasteiger partial charge in [-0.25, -0.2) is 0 Å². The number of Topliss-reactive ketones (excluding diaryl/α,β-unsaturated/α-hetero) is 1. The van der Waals surface area contributed by atoms with Crippen molar-refractivity contribution < 1.29 is 29.3 Å². The molecule has 4 aliphatic carbocycles. The zero-order valence-electron chi connectivity index (χ0n) is 20.9. The number of esters is 1. The molecule has 0 aromatic heterocycles. The molecule has 4 rings (SSSR count). The third-order valence-electron chi connectivity index (χ3n) is 9.81. The number of aliphatic hydroxyl groups is 2. The Hall–Kier alpha value is -1.53. The molecular formula is C27H40O6. The molecule has 184 valence electrons. The standard InChI is InChI=1S/C27H40O6/c1-15-11-17-18-8-10-27(21(31)14-28,33-23(32)24(2,3)4)26(18,6)13-20(30)22(17)25(5)9-7-16(29)12-19(15)25/h12,15,17-18,20,22,28,30H,7-11,13-14H2,1-6H3/t15-,17-,18-,20-,22+,25-,26-,27-/m0/s1. The van der Waals surface area contributed by atoms with E-state index >= 15 is 0 Å². The summed E-state index contributed by atoms with van der Waals surface area (Å²) in [6, 6.07) is 0. The van der Waals surface area contributed by atoms with E-state index in [1.807, 2.05) is 13.0 Å². The average Bonchev–Trinajstić information content (AvgIpc) is 3.00. The molecule has 0 aliphatic heterocycles. The second-order valence-electron chi connectivity index (χ2n) is 12.7. The fourth-order valence-corrected chi connectivity index (χ4v) is 8.23. The number of ether oxygens (including phenoxy) is 1. The molecule has 0 amide bonds. The number of allylic oxidation sites excluding steroid dienone is 1. The van der Waals surface area contributed by atoms with Crippen LogP contribution in [-0.2, 0) is 19.1 Å². The fraction of sp³-hybridized carbons (Fsp3) is 0.815. The van der Waals surface area contributed by atoms with Crippen molar-refractivity contribution in [2.24, 2.45) is 39.9 Å². The number of hydrogen-bond donors (Lipinski definition) is 2. The van der Waals surface area contributed by atoms with E-state index in [1.165, 1.54) is 0 Å². The van der Waals surface area contributed by atoms with Crippen molar-refractivity contribution in [3.63, 3.8) is 0 Å². The zero-order chi connectivity index (χ0) is 24.6. The molecule has 0 aromatic rings. The Kier molecular flexibility index (Phi) is 5.77. The van der Waals surface area contributed by atoms with E-state index in [2.05, 4.69) is 13.8 Å². The van der Waals surface area contributed by atoms with Gasteiger partial charge < -0.3 is 14.9 Å². The van der Waals surface area contributed by atoms with Gasteiger partial charge in [-0.1, -0.05) is 26.3 Å². The topological polar surface area (TPSA) is 101 Å². The lowest BCUT2D eigenvalue weighted by Crippen LogP contribution is -2.64. The van der Waals surface area contributed by atoms with Gasteiger partial charge in [0, 0.05) is 11.8 Å². The van der Waals surface area contributed by atoms with E-state index < -0.39 is 40.9 Å². The summed E-state index contributed by atoms with van der Waals surface area (Å²) in [4.78, 5) is 38.5. The van der Waals surface area contributed by atoms with Crippen LogP contribution in [0.4, 0.5) is 0 Å². The first-order valence-electron chi connectivity index (χ1n) is 12.5. The Labute approximate surface area is 197 Å².